The van der Waals surface area contributed by atoms with Crippen molar-refractivity contribution >= 4 is 11.3 Å². The molecule has 1 saturated carbocycles. The van der Waals surface area contributed by atoms with E-state index in [-0.39, 0.29) is 0 Å². The van der Waals surface area contributed by atoms with E-state index in [1.54, 1.807) is 11.3 Å². The van der Waals surface area contributed by atoms with Gasteiger partial charge in [0.05, 0.1) is 5.01 Å². The van der Waals surface area contributed by atoms with E-state index in [4.69, 9.17) is 0 Å². The van der Waals surface area contributed by atoms with E-state index in [0.717, 1.165) is 18.0 Å². The molecular weight excluding hydrogens is 264 g/mol. The lowest BCUT2D eigenvalue weighted by Gasteiger charge is -2.26. The van der Waals surface area contributed by atoms with Crippen molar-refractivity contribution in [1.82, 2.24) is 10.3 Å². The van der Waals surface area contributed by atoms with Gasteiger partial charge in [-0.05, 0) is 43.9 Å². The molecule has 1 fully saturated rings. The molecule has 1 unspecified atom stereocenters. The summed E-state index contributed by atoms with van der Waals surface area (Å²) in [5.74, 6) is 0.818. The second-order valence-electron chi connectivity index (χ2n) is 5.72. The number of hydrogen-bond acceptors (Lipinski definition) is 3. The van der Waals surface area contributed by atoms with E-state index < -0.39 is 0 Å². The summed E-state index contributed by atoms with van der Waals surface area (Å²) in [6.45, 7) is 2.06. The molecule has 0 amide bonds. The van der Waals surface area contributed by atoms with Crippen LogP contribution in [0.5, 0.6) is 0 Å². The van der Waals surface area contributed by atoms with Gasteiger partial charge in [0, 0.05) is 23.5 Å². The van der Waals surface area contributed by atoms with Gasteiger partial charge in [-0.25, -0.2) is 4.98 Å². The Morgan fingerprint density at radius 2 is 2.05 bits per heavy atom. The summed E-state index contributed by atoms with van der Waals surface area (Å²) in [5.41, 5.74) is 4.00. The quantitative estimate of drug-likeness (QED) is 0.890. The van der Waals surface area contributed by atoms with Gasteiger partial charge in [0.15, 0.2) is 0 Å². The second kappa shape index (κ2) is 6.06. The first-order valence-corrected chi connectivity index (χ1v) is 8.32. The maximum Gasteiger partial charge on any atom is 0.0947 e. The van der Waals surface area contributed by atoms with Gasteiger partial charge in [-0.15, -0.1) is 11.3 Å². The zero-order valence-corrected chi connectivity index (χ0v) is 13.0. The molecule has 3 rings (SSSR count). The SMILES string of the molecule is CNC(Cc1nc(C)cs1)c1ccc(C2CCC2)cc1. The molecule has 1 aliphatic carbocycles. The predicted molar refractivity (Wildman–Crippen MR) is 85.4 cm³/mol. The minimum Gasteiger partial charge on any atom is -0.313 e. The Morgan fingerprint density at radius 1 is 1.30 bits per heavy atom. The summed E-state index contributed by atoms with van der Waals surface area (Å²) in [4.78, 5) is 4.57. The van der Waals surface area contributed by atoms with E-state index in [2.05, 4.69) is 46.9 Å². The topological polar surface area (TPSA) is 24.9 Å². The molecule has 1 aromatic heterocycles. The number of rotatable bonds is 5. The van der Waals surface area contributed by atoms with Crippen LogP contribution in [0.3, 0.4) is 0 Å². The van der Waals surface area contributed by atoms with Crippen LogP contribution in [-0.2, 0) is 6.42 Å². The number of aryl methyl sites for hydroxylation is 1. The van der Waals surface area contributed by atoms with Crippen molar-refractivity contribution in [3.8, 4) is 0 Å². The normalized spacial score (nSPS) is 16.9. The Balaban J connectivity index is 1.71. The molecule has 1 aliphatic rings. The van der Waals surface area contributed by atoms with Crippen LogP contribution in [0.4, 0.5) is 0 Å². The van der Waals surface area contributed by atoms with Crippen LogP contribution in [0.2, 0.25) is 0 Å². The van der Waals surface area contributed by atoms with Crippen LogP contribution in [-0.4, -0.2) is 12.0 Å². The smallest absolute Gasteiger partial charge is 0.0947 e. The van der Waals surface area contributed by atoms with Gasteiger partial charge in [-0.1, -0.05) is 30.7 Å². The summed E-state index contributed by atoms with van der Waals surface area (Å²) < 4.78 is 0. The van der Waals surface area contributed by atoms with Crippen molar-refractivity contribution in [2.24, 2.45) is 0 Å². The Labute approximate surface area is 125 Å². The van der Waals surface area contributed by atoms with Crippen molar-refractivity contribution in [3.05, 3.63) is 51.5 Å². The number of benzene rings is 1. The molecule has 0 spiro atoms. The molecule has 2 aromatic rings. The van der Waals surface area contributed by atoms with Crippen LogP contribution in [0.25, 0.3) is 0 Å². The van der Waals surface area contributed by atoms with Gasteiger partial charge >= 0.3 is 0 Å². The molecule has 0 aliphatic heterocycles. The summed E-state index contributed by atoms with van der Waals surface area (Å²) in [7, 11) is 2.03. The fourth-order valence-electron chi connectivity index (χ4n) is 2.80. The lowest BCUT2D eigenvalue weighted by molar-refractivity contribution is 0.419. The Hall–Kier alpha value is -1.19. The standard InChI is InChI=1S/C17H22N2S/c1-12-11-20-17(19-12)10-16(18-2)15-8-6-14(7-9-15)13-4-3-5-13/h6-9,11,13,16,18H,3-5,10H2,1-2H3. The minimum atomic E-state index is 0.357. The third-order valence-electron chi connectivity index (χ3n) is 4.31. The molecule has 106 valence electrons. The van der Waals surface area contributed by atoms with Crippen LogP contribution >= 0.6 is 11.3 Å². The van der Waals surface area contributed by atoms with Crippen LogP contribution in [0.15, 0.2) is 29.6 Å². The molecule has 0 saturated heterocycles. The zero-order valence-electron chi connectivity index (χ0n) is 12.2. The summed E-state index contributed by atoms with van der Waals surface area (Å²) in [6.07, 6.45) is 5.10. The summed E-state index contributed by atoms with van der Waals surface area (Å²) in [6, 6.07) is 9.56. The number of nitrogens with zero attached hydrogens (tertiary/aromatic N) is 1. The maximum atomic E-state index is 4.57. The lowest BCUT2D eigenvalue weighted by Crippen LogP contribution is -2.19. The predicted octanol–water partition coefficient (Wildman–Crippen LogP) is 4.22. The zero-order chi connectivity index (χ0) is 13.9. The maximum absolute atomic E-state index is 4.57. The van der Waals surface area contributed by atoms with E-state index in [1.165, 1.54) is 35.4 Å². The molecule has 1 aromatic carbocycles. The van der Waals surface area contributed by atoms with Crippen molar-refractivity contribution in [2.45, 2.75) is 44.6 Å². The number of nitrogens with one attached hydrogen (secondary N) is 1. The van der Waals surface area contributed by atoms with Crippen LogP contribution in [0, 0.1) is 6.92 Å². The van der Waals surface area contributed by atoms with Gasteiger partial charge in [-0.2, -0.15) is 0 Å². The van der Waals surface area contributed by atoms with Gasteiger partial charge in [-0.3, -0.25) is 0 Å². The summed E-state index contributed by atoms with van der Waals surface area (Å²) in [5, 5.41) is 6.76. The molecule has 1 heterocycles. The molecule has 3 heteroatoms. The van der Waals surface area contributed by atoms with Crippen molar-refractivity contribution < 1.29 is 0 Å². The van der Waals surface area contributed by atoms with E-state index in [0.29, 0.717) is 6.04 Å². The first-order chi connectivity index (χ1) is 9.76. The first kappa shape index (κ1) is 13.8. The summed E-state index contributed by atoms with van der Waals surface area (Å²) >= 11 is 1.76. The monoisotopic (exact) mass is 286 g/mol. The average molecular weight is 286 g/mol. The molecule has 20 heavy (non-hydrogen) atoms. The van der Waals surface area contributed by atoms with E-state index in [9.17, 15) is 0 Å². The fraction of sp³-hybridized carbons (Fsp3) is 0.471. The number of aromatic nitrogens is 1. The van der Waals surface area contributed by atoms with Crippen molar-refractivity contribution in [1.29, 1.82) is 0 Å². The van der Waals surface area contributed by atoms with Gasteiger partial charge in [0.2, 0.25) is 0 Å². The fourth-order valence-corrected chi connectivity index (χ4v) is 3.62. The molecule has 2 nitrogen and oxygen atoms in total. The van der Waals surface area contributed by atoms with E-state index >= 15 is 0 Å². The Kier molecular flexibility index (Phi) is 4.18. The van der Waals surface area contributed by atoms with Crippen molar-refractivity contribution in [2.75, 3.05) is 7.05 Å². The molecule has 0 bridgehead atoms. The first-order valence-electron chi connectivity index (χ1n) is 7.44. The highest BCUT2D eigenvalue weighted by atomic mass is 32.1. The van der Waals surface area contributed by atoms with Gasteiger partial charge < -0.3 is 5.32 Å². The number of hydrogen-bond donors (Lipinski definition) is 1. The number of likely N-dealkylation sites (N-methyl/N-ethyl adjacent to an activating group) is 1. The van der Waals surface area contributed by atoms with Crippen molar-refractivity contribution in [3.63, 3.8) is 0 Å². The highest BCUT2D eigenvalue weighted by Gasteiger charge is 2.19. The van der Waals surface area contributed by atoms with Crippen LogP contribution in [0.1, 0.15) is 53.1 Å². The minimum absolute atomic E-state index is 0.357. The highest BCUT2D eigenvalue weighted by molar-refractivity contribution is 7.09. The largest absolute Gasteiger partial charge is 0.313 e. The molecular formula is C17H22N2S. The average Bonchev–Trinajstić information content (AvgIpc) is 2.81. The molecule has 0 radical (unpaired) electrons. The Bertz CT molecular complexity index is 555. The van der Waals surface area contributed by atoms with Gasteiger partial charge in [0.1, 0.15) is 0 Å². The highest BCUT2D eigenvalue weighted by Crippen LogP contribution is 2.36. The van der Waals surface area contributed by atoms with Gasteiger partial charge in [0.25, 0.3) is 0 Å². The second-order valence-corrected chi connectivity index (χ2v) is 6.67. The molecule has 1 N–H and O–H groups in total. The third-order valence-corrected chi connectivity index (χ3v) is 5.30. The van der Waals surface area contributed by atoms with E-state index in [1.807, 2.05) is 7.05 Å². The Morgan fingerprint density at radius 3 is 2.55 bits per heavy atom. The number of thiazole rings is 1. The van der Waals surface area contributed by atoms with Crippen LogP contribution < -0.4 is 5.32 Å². The molecule has 1 atom stereocenters. The lowest BCUT2D eigenvalue weighted by atomic mass is 9.80. The third kappa shape index (κ3) is 2.94.